The zero-order chi connectivity index (χ0) is 25.8. The van der Waals surface area contributed by atoms with Crippen LogP contribution >= 0.6 is 0 Å². The molecule has 1 aromatic heterocycles. The first-order valence-electron chi connectivity index (χ1n) is 10.7. The molecule has 3 unspecified atom stereocenters. The van der Waals surface area contributed by atoms with E-state index in [1.807, 2.05) is 0 Å². The summed E-state index contributed by atoms with van der Waals surface area (Å²) in [5, 5.41) is 25.0. The molecule has 0 saturated carbocycles. The lowest BCUT2D eigenvalue weighted by Gasteiger charge is -2.24. The number of amides is 3. The van der Waals surface area contributed by atoms with Crippen LogP contribution in [0.2, 0.25) is 0 Å². The maximum atomic E-state index is 13.0. The van der Waals surface area contributed by atoms with Gasteiger partial charge in [-0.05, 0) is 12.0 Å². The van der Waals surface area contributed by atoms with Crippen molar-refractivity contribution in [1.82, 2.24) is 25.9 Å². The first-order valence-corrected chi connectivity index (χ1v) is 10.7. The second-order valence-electron chi connectivity index (χ2n) is 7.74. The molecule has 3 amide bonds. The summed E-state index contributed by atoms with van der Waals surface area (Å²) in [4.78, 5) is 66.7. The first kappa shape index (κ1) is 27.0. The molecule has 0 aliphatic carbocycles. The van der Waals surface area contributed by atoms with E-state index in [0.717, 1.165) is 0 Å². The first-order chi connectivity index (χ1) is 16.7. The van der Waals surface area contributed by atoms with Gasteiger partial charge in [0, 0.05) is 31.2 Å². The fourth-order valence-corrected chi connectivity index (χ4v) is 3.16. The van der Waals surface area contributed by atoms with Crippen molar-refractivity contribution in [2.45, 2.75) is 43.8 Å². The highest BCUT2D eigenvalue weighted by atomic mass is 16.4. The number of carboxylic acid groups (broad SMARTS) is 2. The Balaban J connectivity index is 2.13. The number of carboxylic acids is 2. The van der Waals surface area contributed by atoms with Crippen molar-refractivity contribution in [1.29, 1.82) is 0 Å². The number of aromatic amines is 1. The Morgan fingerprint density at radius 3 is 2.20 bits per heavy atom. The summed E-state index contributed by atoms with van der Waals surface area (Å²) in [5.41, 5.74) is 7.19. The van der Waals surface area contributed by atoms with Crippen LogP contribution in [0, 0.1) is 0 Å². The number of carbonyl (C=O) groups excluding carboxylic acids is 3. The minimum atomic E-state index is -1.29. The van der Waals surface area contributed by atoms with Crippen LogP contribution < -0.4 is 21.7 Å². The van der Waals surface area contributed by atoms with Gasteiger partial charge in [0.05, 0.1) is 12.4 Å². The number of nitrogens with zero attached hydrogens (tertiary/aromatic N) is 1. The number of aliphatic carboxylic acids is 2. The van der Waals surface area contributed by atoms with Gasteiger partial charge < -0.3 is 36.9 Å². The van der Waals surface area contributed by atoms with E-state index in [2.05, 4.69) is 25.9 Å². The summed E-state index contributed by atoms with van der Waals surface area (Å²) in [6, 6.07) is 5.18. The van der Waals surface area contributed by atoms with Crippen LogP contribution in [0.4, 0.5) is 0 Å². The van der Waals surface area contributed by atoms with E-state index in [1.54, 1.807) is 30.3 Å². The van der Waals surface area contributed by atoms with Crippen LogP contribution in [-0.4, -0.2) is 74.5 Å². The Morgan fingerprint density at radius 1 is 0.914 bits per heavy atom. The van der Waals surface area contributed by atoms with Gasteiger partial charge in [-0.1, -0.05) is 30.3 Å². The molecule has 0 radical (unpaired) electrons. The van der Waals surface area contributed by atoms with Crippen molar-refractivity contribution in [2.75, 3.05) is 6.54 Å². The second-order valence-corrected chi connectivity index (χ2v) is 7.74. The van der Waals surface area contributed by atoms with Crippen LogP contribution in [0.25, 0.3) is 0 Å². The second kappa shape index (κ2) is 13.4. The average Bonchev–Trinajstić information content (AvgIpc) is 3.33. The predicted molar refractivity (Wildman–Crippen MR) is 122 cm³/mol. The average molecular weight is 489 g/mol. The third-order valence-electron chi connectivity index (χ3n) is 4.94. The van der Waals surface area contributed by atoms with Gasteiger partial charge in [-0.2, -0.15) is 0 Å². The van der Waals surface area contributed by atoms with Crippen LogP contribution in [-0.2, 0) is 36.8 Å². The van der Waals surface area contributed by atoms with Crippen molar-refractivity contribution < 1.29 is 34.2 Å². The molecule has 0 saturated heterocycles. The van der Waals surface area contributed by atoms with Crippen LogP contribution in [0.5, 0.6) is 0 Å². The summed E-state index contributed by atoms with van der Waals surface area (Å²) in [7, 11) is 0. The molecule has 0 fully saturated rings. The molecule has 0 aliphatic rings. The molecule has 1 heterocycles. The monoisotopic (exact) mass is 488 g/mol. The maximum Gasteiger partial charge on any atom is 0.322 e. The maximum absolute atomic E-state index is 13.0. The van der Waals surface area contributed by atoms with E-state index >= 15 is 0 Å². The molecule has 2 aromatic rings. The van der Waals surface area contributed by atoms with Crippen LogP contribution in [0.1, 0.15) is 24.1 Å². The predicted octanol–water partition coefficient (Wildman–Crippen LogP) is -1.44. The lowest BCUT2D eigenvalue weighted by atomic mass is 10.0. The smallest absolute Gasteiger partial charge is 0.322 e. The number of nitrogens with two attached hydrogens (primary N) is 1. The number of aromatic nitrogens is 2. The van der Waals surface area contributed by atoms with Crippen LogP contribution in [0.15, 0.2) is 42.9 Å². The minimum absolute atomic E-state index is 0.0387. The molecular weight excluding hydrogens is 460 g/mol. The molecule has 0 aliphatic heterocycles. The zero-order valence-corrected chi connectivity index (χ0v) is 18.8. The summed E-state index contributed by atoms with van der Waals surface area (Å²) in [5.74, 6) is -4.69. The minimum Gasteiger partial charge on any atom is -0.481 e. The summed E-state index contributed by atoms with van der Waals surface area (Å²) in [6.45, 7) is -0.651. The van der Waals surface area contributed by atoms with E-state index < -0.39 is 60.8 Å². The molecule has 13 heteroatoms. The molecule has 1 aromatic carbocycles. The third kappa shape index (κ3) is 9.63. The Labute approximate surface area is 200 Å². The number of hydrogen-bond acceptors (Lipinski definition) is 7. The summed E-state index contributed by atoms with van der Waals surface area (Å²) >= 11 is 0. The standard InChI is InChI=1S/C22H28N6O7/c23-15(9-14-10-24-12-26-14)20(33)27-16(6-7-18(29)30)22(35)28-17(21(34)25-11-19(31)32)8-13-4-2-1-3-5-13/h1-5,10,12,15-17H,6-9,11,23H2,(H,24,26)(H,25,34)(H,27,33)(H,28,35)(H,29,30)(H,31,32). The SMILES string of the molecule is NC(Cc1cnc[nH]1)C(=O)NC(CCC(=O)O)C(=O)NC(Cc1ccccc1)C(=O)NCC(=O)O. The lowest BCUT2D eigenvalue weighted by Crippen LogP contribution is -2.56. The molecule has 13 nitrogen and oxygen atoms in total. The highest BCUT2D eigenvalue weighted by Crippen LogP contribution is 2.06. The van der Waals surface area contributed by atoms with Gasteiger partial charge in [0.15, 0.2) is 0 Å². The molecule has 0 spiro atoms. The van der Waals surface area contributed by atoms with Crippen LogP contribution in [0.3, 0.4) is 0 Å². The van der Waals surface area contributed by atoms with Gasteiger partial charge in [0.1, 0.15) is 18.6 Å². The summed E-state index contributed by atoms with van der Waals surface area (Å²) in [6.07, 6.45) is 2.38. The van der Waals surface area contributed by atoms with E-state index in [-0.39, 0.29) is 19.3 Å². The normalized spacial score (nSPS) is 13.2. The van der Waals surface area contributed by atoms with Crippen molar-refractivity contribution >= 4 is 29.7 Å². The van der Waals surface area contributed by atoms with Gasteiger partial charge in [-0.25, -0.2) is 4.98 Å². The van der Waals surface area contributed by atoms with Crippen molar-refractivity contribution in [3.05, 3.63) is 54.1 Å². The number of H-pyrrole nitrogens is 1. The largest absolute Gasteiger partial charge is 0.481 e. The molecule has 2 rings (SSSR count). The van der Waals surface area contributed by atoms with E-state index in [4.69, 9.17) is 15.9 Å². The Kier molecular flexibility index (Phi) is 10.4. The molecule has 35 heavy (non-hydrogen) atoms. The number of rotatable bonds is 14. The fourth-order valence-electron chi connectivity index (χ4n) is 3.16. The topological polar surface area (TPSA) is 217 Å². The van der Waals surface area contributed by atoms with Gasteiger partial charge in [0.2, 0.25) is 17.7 Å². The van der Waals surface area contributed by atoms with Crippen molar-refractivity contribution in [3.63, 3.8) is 0 Å². The number of hydrogen-bond donors (Lipinski definition) is 7. The van der Waals surface area contributed by atoms with Gasteiger partial charge in [-0.3, -0.25) is 24.0 Å². The molecule has 3 atom stereocenters. The Morgan fingerprint density at radius 2 is 1.60 bits per heavy atom. The Bertz CT molecular complexity index is 1010. The number of carbonyl (C=O) groups is 5. The number of nitrogens with one attached hydrogen (secondary N) is 4. The fraction of sp³-hybridized carbons (Fsp3) is 0.364. The number of imidazole rings is 1. The van der Waals surface area contributed by atoms with Gasteiger partial charge >= 0.3 is 11.9 Å². The van der Waals surface area contributed by atoms with E-state index in [1.165, 1.54) is 12.5 Å². The number of benzene rings is 1. The Hall–Kier alpha value is -4.26. The van der Waals surface area contributed by atoms with Gasteiger partial charge in [-0.15, -0.1) is 0 Å². The molecular formula is C22H28N6O7. The van der Waals surface area contributed by atoms with Crippen molar-refractivity contribution in [3.8, 4) is 0 Å². The van der Waals surface area contributed by atoms with Gasteiger partial charge in [0.25, 0.3) is 0 Å². The van der Waals surface area contributed by atoms with E-state index in [9.17, 15) is 24.0 Å². The van der Waals surface area contributed by atoms with Crippen molar-refractivity contribution in [2.24, 2.45) is 5.73 Å². The highest BCUT2D eigenvalue weighted by molar-refractivity contribution is 5.94. The molecule has 8 N–H and O–H groups in total. The quantitative estimate of drug-likeness (QED) is 0.165. The molecule has 188 valence electrons. The summed E-state index contributed by atoms with van der Waals surface area (Å²) < 4.78 is 0. The zero-order valence-electron chi connectivity index (χ0n) is 18.8. The lowest BCUT2D eigenvalue weighted by molar-refractivity contribution is -0.138. The van der Waals surface area contributed by atoms with E-state index in [0.29, 0.717) is 11.3 Å². The molecule has 0 bridgehead atoms. The highest BCUT2D eigenvalue weighted by Gasteiger charge is 2.29. The third-order valence-corrected chi connectivity index (χ3v) is 4.94.